The molecule has 0 saturated heterocycles. The summed E-state index contributed by atoms with van der Waals surface area (Å²) in [6.07, 6.45) is 1.43. The molecular formula is C27H21F3O. The molecule has 31 heavy (non-hydrogen) atoms. The number of halogens is 3. The average molecular weight is 418 g/mol. The van der Waals surface area contributed by atoms with Crippen molar-refractivity contribution in [2.75, 3.05) is 7.11 Å². The minimum Gasteiger partial charge on any atom is -0.494 e. The Kier molecular flexibility index (Phi) is 7.06. The van der Waals surface area contributed by atoms with Gasteiger partial charge in [0.05, 0.1) is 12.7 Å². The molecule has 4 heteroatoms. The third-order valence-corrected chi connectivity index (χ3v) is 4.69. The fraction of sp³-hybridized carbons (Fsp3) is 0.185. The summed E-state index contributed by atoms with van der Waals surface area (Å²) in [7, 11) is 1.40. The Bertz CT molecular complexity index is 1210. The Hall–Kier alpha value is -3.63. The summed E-state index contributed by atoms with van der Waals surface area (Å²) < 4.78 is 47.1. The Morgan fingerprint density at radius 3 is 2.03 bits per heavy atom. The molecule has 156 valence electrons. The highest BCUT2D eigenvalue weighted by Gasteiger charge is 2.09. The summed E-state index contributed by atoms with van der Waals surface area (Å²) in [5.41, 5.74) is 3.14. The lowest BCUT2D eigenvalue weighted by Gasteiger charge is -2.03. The number of hydrogen-bond acceptors (Lipinski definition) is 1. The van der Waals surface area contributed by atoms with Crippen molar-refractivity contribution in [3.05, 3.63) is 99.4 Å². The van der Waals surface area contributed by atoms with Crippen molar-refractivity contribution in [2.45, 2.75) is 26.7 Å². The predicted molar refractivity (Wildman–Crippen MR) is 116 cm³/mol. The van der Waals surface area contributed by atoms with Gasteiger partial charge in [-0.15, -0.1) is 0 Å². The summed E-state index contributed by atoms with van der Waals surface area (Å²) >= 11 is 0. The molecule has 0 saturated carbocycles. The number of benzene rings is 3. The van der Waals surface area contributed by atoms with Crippen molar-refractivity contribution < 1.29 is 17.9 Å². The van der Waals surface area contributed by atoms with Crippen LogP contribution in [-0.2, 0) is 6.42 Å². The first-order valence-corrected chi connectivity index (χ1v) is 9.87. The number of methoxy groups -OCH3 is 1. The van der Waals surface area contributed by atoms with Gasteiger partial charge >= 0.3 is 0 Å². The Balaban J connectivity index is 1.83. The lowest BCUT2D eigenvalue weighted by Crippen LogP contribution is -1.95. The van der Waals surface area contributed by atoms with Crippen LogP contribution in [0, 0.1) is 48.1 Å². The average Bonchev–Trinajstić information content (AvgIpc) is 2.73. The van der Waals surface area contributed by atoms with Crippen molar-refractivity contribution in [1.82, 2.24) is 0 Å². The molecule has 3 aromatic carbocycles. The second-order valence-corrected chi connectivity index (χ2v) is 7.06. The van der Waals surface area contributed by atoms with Crippen molar-refractivity contribution in [1.29, 1.82) is 0 Å². The molecule has 3 rings (SSSR count). The monoisotopic (exact) mass is 418 g/mol. The minimum absolute atomic E-state index is 0.164. The van der Waals surface area contributed by atoms with E-state index in [1.54, 1.807) is 24.3 Å². The van der Waals surface area contributed by atoms with Crippen LogP contribution in [0.15, 0.2) is 48.5 Å². The molecule has 3 aromatic rings. The van der Waals surface area contributed by atoms with Gasteiger partial charge in [0.25, 0.3) is 0 Å². The van der Waals surface area contributed by atoms with Gasteiger partial charge in [-0.2, -0.15) is 0 Å². The standard InChI is InChI=1S/C27H21F3O/c1-4-5-21-16-24(28)23(25(29)17-21)12-8-19-6-10-22(18(2)14-19)11-7-20-9-13-27(31-3)26(30)15-20/h6,9-10,13-17H,4-5H2,1-3H3. The normalized spacial score (nSPS) is 10.0. The number of aryl methyl sites for hydroxylation is 2. The molecule has 0 radical (unpaired) electrons. The number of rotatable bonds is 3. The van der Waals surface area contributed by atoms with E-state index in [9.17, 15) is 13.2 Å². The van der Waals surface area contributed by atoms with Crippen LogP contribution in [0.3, 0.4) is 0 Å². The van der Waals surface area contributed by atoms with Gasteiger partial charge in [0, 0.05) is 16.7 Å². The first-order valence-electron chi connectivity index (χ1n) is 9.87. The summed E-state index contributed by atoms with van der Waals surface area (Å²) in [6.45, 7) is 3.82. The van der Waals surface area contributed by atoms with E-state index in [-0.39, 0.29) is 11.3 Å². The molecule has 0 bridgehead atoms. The van der Waals surface area contributed by atoms with Crippen LogP contribution in [-0.4, -0.2) is 7.11 Å². The summed E-state index contributed by atoms with van der Waals surface area (Å²) in [6, 6.07) is 12.5. The molecule has 0 aliphatic rings. The predicted octanol–water partition coefficient (Wildman–Crippen LogP) is 6.17. The van der Waals surface area contributed by atoms with E-state index in [1.165, 1.54) is 31.4 Å². The van der Waals surface area contributed by atoms with E-state index in [2.05, 4.69) is 23.7 Å². The van der Waals surface area contributed by atoms with Gasteiger partial charge in [0.15, 0.2) is 11.6 Å². The van der Waals surface area contributed by atoms with Crippen LogP contribution < -0.4 is 4.74 Å². The highest BCUT2D eigenvalue weighted by Crippen LogP contribution is 2.18. The van der Waals surface area contributed by atoms with Gasteiger partial charge in [0.2, 0.25) is 0 Å². The van der Waals surface area contributed by atoms with Gasteiger partial charge in [0.1, 0.15) is 11.6 Å². The van der Waals surface area contributed by atoms with Crippen LogP contribution in [0.2, 0.25) is 0 Å². The van der Waals surface area contributed by atoms with Crippen molar-refractivity contribution >= 4 is 0 Å². The molecule has 0 aliphatic carbocycles. The molecular weight excluding hydrogens is 397 g/mol. The highest BCUT2D eigenvalue weighted by molar-refractivity contribution is 5.52. The quantitative estimate of drug-likeness (QED) is 0.462. The van der Waals surface area contributed by atoms with Gasteiger partial charge in [-0.1, -0.05) is 37.0 Å². The number of ether oxygens (including phenoxy) is 1. The van der Waals surface area contributed by atoms with Crippen molar-refractivity contribution in [3.63, 3.8) is 0 Å². The van der Waals surface area contributed by atoms with E-state index in [4.69, 9.17) is 4.74 Å². The molecule has 0 atom stereocenters. The maximum Gasteiger partial charge on any atom is 0.166 e. The summed E-state index contributed by atoms with van der Waals surface area (Å²) in [5, 5.41) is 0. The van der Waals surface area contributed by atoms with Crippen LogP contribution in [0.5, 0.6) is 5.75 Å². The molecule has 0 heterocycles. The molecule has 0 fully saturated rings. The van der Waals surface area contributed by atoms with Crippen LogP contribution in [0.4, 0.5) is 13.2 Å². The highest BCUT2D eigenvalue weighted by atomic mass is 19.1. The number of hydrogen-bond donors (Lipinski definition) is 0. The molecule has 0 N–H and O–H groups in total. The van der Waals surface area contributed by atoms with E-state index in [0.29, 0.717) is 23.1 Å². The zero-order chi connectivity index (χ0) is 22.4. The van der Waals surface area contributed by atoms with Gasteiger partial charge in [-0.3, -0.25) is 0 Å². The fourth-order valence-electron chi connectivity index (χ4n) is 3.08. The minimum atomic E-state index is -0.651. The zero-order valence-electron chi connectivity index (χ0n) is 17.6. The summed E-state index contributed by atoms with van der Waals surface area (Å²) in [4.78, 5) is 0. The van der Waals surface area contributed by atoms with Crippen LogP contribution in [0.1, 0.15) is 46.7 Å². The fourth-order valence-corrected chi connectivity index (χ4v) is 3.08. The maximum atomic E-state index is 14.2. The van der Waals surface area contributed by atoms with Crippen molar-refractivity contribution in [2.24, 2.45) is 0 Å². The maximum absolute atomic E-state index is 14.2. The molecule has 1 nitrogen and oxygen atoms in total. The first kappa shape index (κ1) is 22.1. The molecule has 0 aromatic heterocycles. The Labute approximate surface area is 180 Å². The first-order chi connectivity index (χ1) is 14.9. The second-order valence-electron chi connectivity index (χ2n) is 7.06. The van der Waals surface area contributed by atoms with E-state index in [0.717, 1.165) is 17.5 Å². The lowest BCUT2D eigenvalue weighted by molar-refractivity contribution is 0.386. The summed E-state index contributed by atoms with van der Waals surface area (Å²) in [5.74, 6) is 9.73. The molecule has 0 amide bonds. The topological polar surface area (TPSA) is 9.23 Å². The third-order valence-electron chi connectivity index (χ3n) is 4.69. The smallest absolute Gasteiger partial charge is 0.166 e. The zero-order valence-corrected chi connectivity index (χ0v) is 17.6. The lowest BCUT2D eigenvalue weighted by atomic mass is 10.0. The Morgan fingerprint density at radius 2 is 1.42 bits per heavy atom. The second kappa shape index (κ2) is 9.92. The van der Waals surface area contributed by atoms with E-state index in [1.807, 2.05) is 13.8 Å². The largest absolute Gasteiger partial charge is 0.494 e. The van der Waals surface area contributed by atoms with Crippen molar-refractivity contribution in [3.8, 4) is 29.4 Å². The molecule has 0 spiro atoms. The van der Waals surface area contributed by atoms with Gasteiger partial charge in [-0.05, 0) is 73.0 Å². The van der Waals surface area contributed by atoms with E-state index >= 15 is 0 Å². The third kappa shape index (κ3) is 5.50. The van der Waals surface area contributed by atoms with E-state index < -0.39 is 17.5 Å². The molecule has 0 aliphatic heterocycles. The SMILES string of the molecule is CCCc1cc(F)c(C#Cc2ccc(C#Cc3ccc(OC)c(F)c3)c(C)c2)c(F)c1. The Morgan fingerprint density at radius 1 is 0.774 bits per heavy atom. The van der Waals surface area contributed by atoms with Crippen LogP contribution in [0.25, 0.3) is 0 Å². The van der Waals surface area contributed by atoms with Gasteiger partial charge in [-0.25, -0.2) is 13.2 Å². The van der Waals surface area contributed by atoms with Gasteiger partial charge < -0.3 is 4.74 Å². The van der Waals surface area contributed by atoms with Crippen LogP contribution >= 0.6 is 0 Å². The molecule has 0 unspecified atom stereocenters.